The van der Waals surface area contributed by atoms with Crippen LogP contribution in [0.25, 0.3) is 17.0 Å². The number of amides is 1. The van der Waals surface area contributed by atoms with Crippen molar-refractivity contribution in [2.24, 2.45) is 22.7 Å². The second kappa shape index (κ2) is 17.7. The van der Waals surface area contributed by atoms with Gasteiger partial charge in [0.2, 0.25) is 0 Å². The molecule has 2 fully saturated rings. The Bertz CT molecular complexity index is 1840. The monoisotopic (exact) mass is 788 g/mol. The van der Waals surface area contributed by atoms with Crippen LogP contribution in [0.1, 0.15) is 86.6 Å². The lowest BCUT2D eigenvalue weighted by Gasteiger charge is -2.47. The molecule has 1 aromatic heterocycles. The van der Waals surface area contributed by atoms with E-state index in [9.17, 15) is 14.7 Å². The molecule has 1 amide bonds. The van der Waals surface area contributed by atoms with Crippen LogP contribution in [0.2, 0.25) is 0 Å². The number of rotatable bonds is 9. The van der Waals surface area contributed by atoms with Crippen molar-refractivity contribution in [1.82, 2.24) is 14.8 Å². The van der Waals surface area contributed by atoms with E-state index in [0.29, 0.717) is 37.9 Å². The molecule has 12 atom stereocenters. The summed E-state index contributed by atoms with van der Waals surface area (Å²) in [6.07, 6.45) is 6.30. The molecule has 4 aliphatic rings. The van der Waals surface area contributed by atoms with E-state index in [4.69, 9.17) is 28.7 Å². The van der Waals surface area contributed by atoms with Gasteiger partial charge in [0.25, 0.3) is 0 Å². The van der Waals surface area contributed by atoms with Gasteiger partial charge in [-0.1, -0.05) is 70.5 Å². The third-order valence-electron chi connectivity index (χ3n) is 12.7. The minimum Gasteiger partial charge on any atom is -0.455 e. The number of likely N-dealkylation sites (N-methyl/N-ethyl adjacent to an activating group) is 1. The SMILES string of the molecule is CCC[C@H]1OC(=O)/C(C)=C/[C@H](C)[C@@H](O[C@H]2O[C@@H](C)C[C@@H](N(C)C)C2O)[C@@](C)(OC/C=C/c2ccnc3ccccc23)C[C@@H](C)C2=NCCN3C(=O)O[C@@]1(C)[C@H]3[C@H]2C. The normalized spacial score (nSPS) is 37.6. The Morgan fingerprint density at radius 2 is 1.86 bits per heavy atom. The average Bonchev–Trinajstić information content (AvgIpc) is 3.29. The highest BCUT2D eigenvalue weighted by Gasteiger charge is 2.60. The Hall–Kier alpha value is -3.68. The van der Waals surface area contributed by atoms with Crippen LogP contribution in [0, 0.1) is 17.8 Å². The van der Waals surface area contributed by atoms with Crippen molar-refractivity contribution in [3.05, 3.63) is 59.8 Å². The maximum Gasteiger partial charge on any atom is 0.410 e. The highest BCUT2D eigenvalue weighted by molar-refractivity contribution is 5.91. The zero-order valence-electron chi connectivity index (χ0n) is 35.5. The molecule has 0 aliphatic carbocycles. The predicted octanol–water partition coefficient (Wildman–Crippen LogP) is 6.84. The number of hydrogen-bond donors (Lipinski definition) is 1. The lowest BCUT2D eigenvalue weighted by Crippen LogP contribution is -2.59. The molecule has 2 bridgehead atoms. The van der Waals surface area contributed by atoms with Gasteiger partial charge < -0.3 is 33.7 Å². The fourth-order valence-corrected chi connectivity index (χ4v) is 9.95. The van der Waals surface area contributed by atoms with E-state index in [-0.39, 0.29) is 30.6 Å². The largest absolute Gasteiger partial charge is 0.455 e. The summed E-state index contributed by atoms with van der Waals surface area (Å²) < 4.78 is 33.0. The first-order valence-corrected chi connectivity index (χ1v) is 20.8. The lowest BCUT2D eigenvalue weighted by atomic mass is 9.73. The number of fused-ring (bicyclic) bond motifs is 2. The van der Waals surface area contributed by atoms with Gasteiger partial charge in [-0.2, -0.15) is 0 Å². The predicted molar refractivity (Wildman–Crippen MR) is 221 cm³/mol. The first-order chi connectivity index (χ1) is 27.1. The number of carbonyl (C=O) groups is 2. The van der Waals surface area contributed by atoms with Gasteiger partial charge in [-0.15, -0.1) is 0 Å². The van der Waals surface area contributed by atoms with Gasteiger partial charge in [-0.25, -0.2) is 9.59 Å². The molecule has 12 heteroatoms. The third kappa shape index (κ3) is 8.85. The number of cyclic esters (lactones) is 1. The molecule has 5 heterocycles. The molecule has 1 N–H and O–H groups in total. The molecule has 0 spiro atoms. The molecular formula is C45H64N4O8. The van der Waals surface area contributed by atoms with Crippen LogP contribution < -0.4 is 0 Å². The number of aromatic nitrogens is 1. The molecule has 6 rings (SSSR count). The standard InChI is InChI=1S/C45H64N4O8/c1-11-15-36-45(8)39-31(6)37(47-21-22-49(39)43(52)57-45)29(4)26-44(7,53-23-14-16-32-19-20-46-34-18-13-12-17-33(32)34)40(27(2)24-28(3)41(51)55-36)56-42-38(50)35(48(9)10)25-30(5)54-42/h12-14,16-20,24,27,29-31,35-36,38-40,42,50H,11,15,21-23,25-26H2,1-10H3/b16-14+,28-24+/t27-,29+,30-,31-,35+,36+,38?,39+,40+,42+,44-,45+/m0/s1. The molecule has 312 valence electrons. The van der Waals surface area contributed by atoms with Crippen molar-refractivity contribution in [2.75, 3.05) is 33.8 Å². The van der Waals surface area contributed by atoms with Crippen LogP contribution in [0.15, 0.2) is 59.2 Å². The number of carbonyl (C=O) groups excluding carboxylic acids is 2. The Morgan fingerprint density at radius 3 is 2.60 bits per heavy atom. The molecular weight excluding hydrogens is 725 g/mol. The van der Waals surface area contributed by atoms with Gasteiger partial charge >= 0.3 is 12.1 Å². The van der Waals surface area contributed by atoms with Crippen molar-refractivity contribution in [2.45, 2.75) is 135 Å². The molecule has 0 saturated carbocycles. The van der Waals surface area contributed by atoms with E-state index in [1.54, 1.807) is 18.0 Å². The number of pyridine rings is 1. The van der Waals surface area contributed by atoms with Crippen molar-refractivity contribution < 1.29 is 38.4 Å². The fraction of sp³-hybridized carbons (Fsp3) is 0.644. The van der Waals surface area contributed by atoms with Crippen molar-refractivity contribution in [3.8, 4) is 0 Å². The highest BCUT2D eigenvalue weighted by Crippen LogP contribution is 2.44. The topological polar surface area (TPSA) is 132 Å². The maximum atomic E-state index is 14.1. The Balaban J connectivity index is 1.43. The second-order valence-corrected chi connectivity index (χ2v) is 17.4. The highest BCUT2D eigenvalue weighted by atomic mass is 16.7. The Morgan fingerprint density at radius 1 is 1.11 bits per heavy atom. The van der Waals surface area contributed by atoms with Crippen molar-refractivity contribution >= 4 is 34.8 Å². The van der Waals surface area contributed by atoms with Gasteiger partial charge in [0, 0.05) is 47.3 Å². The Kier molecular flexibility index (Phi) is 13.3. The average molecular weight is 789 g/mol. The van der Waals surface area contributed by atoms with E-state index in [0.717, 1.165) is 28.6 Å². The quantitative estimate of drug-likeness (QED) is 0.270. The van der Waals surface area contributed by atoms with Crippen LogP contribution in [0.5, 0.6) is 0 Å². The summed E-state index contributed by atoms with van der Waals surface area (Å²) in [7, 11) is 3.90. The summed E-state index contributed by atoms with van der Waals surface area (Å²) in [5.41, 5.74) is 1.20. The minimum absolute atomic E-state index is 0.123. The van der Waals surface area contributed by atoms with Crippen LogP contribution in [-0.2, 0) is 28.5 Å². The van der Waals surface area contributed by atoms with Crippen LogP contribution >= 0.6 is 0 Å². The summed E-state index contributed by atoms with van der Waals surface area (Å²) in [6, 6.07) is 9.43. The number of aliphatic hydroxyl groups excluding tert-OH is 1. The van der Waals surface area contributed by atoms with Crippen LogP contribution in [0.3, 0.4) is 0 Å². The maximum absolute atomic E-state index is 14.1. The summed E-state index contributed by atoms with van der Waals surface area (Å²) in [4.78, 5) is 41.1. The molecule has 1 unspecified atom stereocenters. The number of aliphatic imine (C=N–C) groups is 1. The smallest absolute Gasteiger partial charge is 0.410 e. The van der Waals surface area contributed by atoms with E-state index in [1.165, 1.54) is 0 Å². The van der Waals surface area contributed by atoms with Crippen LogP contribution in [-0.4, -0.2) is 125 Å². The number of ether oxygens (including phenoxy) is 5. The molecule has 0 radical (unpaired) electrons. The number of aliphatic hydroxyl groups is 1. The van der Waals surface area contributed by atoms with E-state index in [1.807, 2.05) is 96.1 Å². The van der Waals surface area contributed by atoms with Gasteiger partial charge in [-0.05, 0) is 84.7 Å². The number of benzene rings is 1. The summed E-state index contributed by atoms with van der Waals surface area (Å²) >= 11 is 0. The molecule has 2 saturated heterocycles. The summed E-state index contributed by atoms with van der Waals surface area (Å²) in [6.45, 7) is 17.1. The lowest BCUT2D eigenvalue weighted by molar-refractivity contribution is -0.295. The van der Waals surface area contributed by atoms with Crippen LogP contribution in [0.4, 0.5) is 4.79 Å². The summed E-state index contributed by atoms with van der Waals surface area (Å²) in [5.74, 6) is -1.23. The zero-order valence-corrected chi connectivity index (χ0v) is 35.5. The van der Waals surface area contributed by atoms with Gasteiger partial charge in [0.1, 0.15) is 12.2 Å². The van der Waals surface area contributed by atoms with E-state index >= 15 is 0 Å². The number of esters is 1. The number of hydrogen-bond acceptors (Lipinski definition) is 11. The number of nitrogens with zero attached hydrogens (tertiary/aromatic N) is 4. The summed E-state index contributed by atoms with van der Waals surface area (Å²) in [5, 5.41) is 12.8. The molecule has 4 aliphatic heterocycles. The third-order valence-corrected chi connectivity index (χ3v) is 12.7. The first kappa shape index (κ1) is 42.9. The first-order valence-electron chi connectivity index (χ1n) is 20.8. The number of para-hydroxylation sites is 1. The van der Waals surface area contributed by atoms with E-state index in [2.05, 4.69) is 24.9 Å². The second-order valence-electron chi connectivity index (χ2n) is 17.4. The van der Waals surface area contributed by atoms with Gasteiger partial charge in [0.15, 0.2) is 11.9 Å². The molecule has 12 nitrogen and oxygen atoms in total. The fourth-order valence-electron chi connectivity index (χ4n) is 9.95. The van der Waals surface area contributed by atoms with Crippen molar-refractivity contribution in [3.63, 3.8) is 0 Å². The molecule has 1 aromatic carbocycles. The van der Waals surface area contributed by atoms with E-state index < -0.39 is 59.8 Å². The molecule has 2 aromatic rings. The molecule has 57 heavy (non-hydrogen) atoms. The van der Waals surface area contributed by atoms with Gasteiger partial charge in [-0.3, -0.25) is 14.9 Å². The van der Waals surface area contributed by atoms with Gasteiger partial charge in [0.05, 0.1) is 42.5 Å². The minimum atomic E-state index is -1.09. The zero-order chi connectivity index (χ0) is 41.2. The van der Waals surface area contributed by atoms with Crippen molar-refractivity contribution in [1.29, 1.82) is 0 Å². The Labute approximate surface area is 338 Å².